The zero-order chi connectivity index (χ0) is 40.9. The van der Waals surface area contributed by atoms with Gasteiger partial charge < -0.3 is 48.9 Å². The molecular weight excluding hydrogens is 706 g/mol. The third-order valence-electron chi connectivity index (χ3n) is 8.74. The van der Waals surface area contributed by atoms with E-state index in [0.29, 0.717) is 30.5 Å². The SMILES string of the molecule is CC(C)C(=O)N[C@H](C(=O)N[C@@H](CCCN=C(N)N)C(=O)N[C@@H](Cc1ccccc1)C(=O)N[C@@H](Cc1ccccc1)C(=O)N[C@@H](CCCCN)C(=O)O)C(C)C. The molecule has 0 saturated carbocycles. The number of rotatable bonds is 24. The Balaban J connectivity index is 2.44. The van der Waals surface area contributed by atoms with E-state index in [1.54, 1.807) is 88.4 Å². The number of amides is 5. The van der Waals surface area contributed by atoms with Crippen molar-refractivity contribution < 1.29 is 33.9 Å². The lowest BCUT2D eigenvalue weighted by Crippen LogP contribution is -2.60. The van der Waals surface area contributed by atoms with Crippen LogP contribution in [0.1, 0.15) is 70.9 Å². The summed E-state index contributed by atoms with van der Waals surface area (Å²) in [5.41, 5.74) is 17.9. The molecule has 2 rings (SSSR count). The van der Waals surface area contributed by atoms with Crippen LogP contribution in [0.4, 0.5) is 0 Å². The smallest absolute Gasteiger partial charge is 0.326 e. The van der Waals surface area contributed by atoms with E-state index in [9.17, 15) is 33.9 Å². The predicted octanol–water partition coefficient (Wildman–Crippen LogP) is 0.475. The fraction of sp³-hybridized carbons (Fsp3) is 0.513. The van der Waals surface area contributed by atoms with Crippen LogP contribution in [0, 0.1) is 11.8 Å². The first-order valence-electron chi connectivity index (χ1n) is 18.7. The van der Waals surface area contributed by atoms with Gasteiger partial charge in [0.1, 0.15) is 30.2 Å². The number of guanidine groups is 1. The Morgan fingerprint density at radius 1 is 0.600 bits per heavy atom. The number of nitrogens with two attached hydrogens (primary N) is 3. The number of aliphatic carboxylic acids is 1. The van der Waals surface area contributed by atoms with Crippen LogP contribution in [0.2, 0.25) is 0 Å². The highest BCUT2D eigenvalue weighted by atomic mass is 16.4. The first-order chi connectivity index (χ1) is 26.1. The van der Waals surface area contributed by atoms with E-state index in [1.165, 1.54) is 0 Å². The molecule has 0 aliphatic heterocycles. The molecule has 5 amide bonds. The van der Waals surface area contributed by atoms with E-state index >= 15 is 0 Å². The molecule has 55 heavy (non-hydrogen) atoms. The summed E-state index contributed by atoms with van der Waals surface area (Å²) in [6.07, 6.45) is 1.60. The highest BCUT2D eigenvalue weighted by Gasteiger charge is 2.33. The third kappa shape index (κ3) is 17.0. The Labute approximate surface area is 323 Å². The van der Waals surface area contributed by atoms with Gasteiger partial charge in [0, 0.05) is 25.3 Å². The highest BCUT2D eigenvalue weighted by Crippen LogP contribution is 2.11. The van der Waals surface area contributed by atoms with E-state index < -0.39 is 59.8 Å². The quantitative estimate of drug-likeness (QED) is 0.0405. The summed E-state index contributed by atoms with van der Waals surface area (Å²) in [5, 5.41) is 23.4. The summed E-state index contributed by atoms with van der Waals surface area (Å²) < 4.78 is 0. The summed E-state index contributed by atoms with van der Waals surface area (Å²) in [6.45, 7) is 7.46. The molecule has 0 spiro atoms. The number of nitrogens with zero attached hydrogens (tertiary/aromatic N) is 1. The molecule has 0 unspecified atom stereocenters. The standard InChI is InChI=1S/C39H59N9O7/c1-24(2)32(48-33(49)25(3)4)37(53)44-28(19-13-21-43-39(41)42)34(50)46-31(23-27-16-9-6-10-17-27)36(52)47-30(22-26-14-7-5-8-15-26)35(51)45-29(38(54)55)18-11-12-20-40/h5-10,14-17,24-25,28-32H,11-13,18-23,40H2,1-4H3,(H,44,53)(H,45,51)(H,46,50)(H,47,52)(H,48,49)(H,54,55)(H4,41,42,43)/t28-,29-,30-,31-,32-/m0/s1. The molecule has 2 aromatic rings. The van der Waals surface area contributed by atoms with Gasteiger partial charge in [0.25, 0.3) is 0 Å². The zero-order valence-corrected chi connectivity index (χ0v) is 32.3. The number of unbranched alkanes of at least 4 members (excludes halogenated alkanes) is 1. The van der Waals surface area contributed by atoms with Crippen molar-refractivity contribution in [2.45, 2.75) is 103 Å². The van der Waals surface area contributed by atoms with Crippen molar-refractivity contribution in [3.05, 3.63) is 71.8 Å². The van der Waals surface area contributed by atoms with Gasteiger partial charge in [0.2, 0.25) is 29.5 Å². The third-order valence-corrected chi connectivity index (χ3v) is 8.74. The second kappa shape index (κ2) is 24.0. The van der Waals surface area contributed by atoms with Crippen LogP contribution in [0.5, 0.6) is 0 Å². The summed E-state index contributed by atoms with van der Waals surface area (Å²) >= 11 is 0. The number of benzene rings is 2. The van der Waals surface area contributed by atoms with Crippen molar-refractivity contribution in [1.82, 2.24) is 26.6 Å². The number of carbonyl (C=O) groups excluding carboxylic acids is 5. The molecular formula is C39H59N9O7. The molecule has 16 nitrogen and oxygen atoms in total. The topological polar surface area (TPSA) is 273 Å². The van der Waals surface area contributed by atoms with E-state index in [0.717, 1.165) is 0 Å². The first kappa shape index (κ1) is 45.6. The number of hydrogen-bond donors (Lipinski definition) is 9. The lowest BCUT2D eigenvalue weighted by atomic mass is 10.00. The second-order valence-electron chi connectivity index (χ2n) is 14.1. The average molecular weight is 766 g/mol. The molecule has 2 aromatic carbocycles. The summed E-state index contributed by atoms with van der Waals surface area (Å²) in [4.78, 5) is 84.0. The van der Waals surface area contributed by atoms with Gasteiger partial charge in [-0.25, -0.2) is 4.79 Å². The van der Waals surface area contributed by atoms with Crippen molar-refractivity contribution in [2.24, 2.45) is 34.0 Å². The van der Waals surface area contributed by atoms with Gasteiger partial charge >= 0.3 is 5.97 Å². The van der Waals surface area contributed by atoms with Crippen molar-refractivity contribution in [1.29, 1.82) is 0 Å². The molecule has 12 N–H and O–H groups in total. The summed E-state index contributed by atoms with van der Waals surface area (Å²) in [7, 11) is 0. The zero-order valence-electron chi connectivity index (χ0n) is 32.3. The molecule has 0 bridgehead atoms. The minimum atomic E-state index is -1.24. The predicted molar refractivity (Wildman–Crippen MR) is 210 cm³/mol. The second-order valence-corrected chi connectivity index (χ2v) is 14.1. The maximum Gasteiger partial charge on any atom is 0.326 e. The van der Waals surface area contributed by atoms with Crippen LogP contribution < -0.4 is 43.8 Å². The molecule has 0 aromatic heterocycles. The van der Waals surface area contributed by atoms with Gasteiger partial charge in [0.05, 0.1) is 0 Å². The molecule has 0 saturated heterocycles. The van der Waals surface area contributed by atoms with Crippen LogP contribution in [-0.2, 0) is 41.6 Å². The van der Waals surface area contributed by atoms with Gasteiger partial charge in [-0.2, -0.15) is 0 Å². The highest BCUT2D eigenvalue weighted by molar-refractivity contribution is 5.96. The van der Waals surface area contributed by atoms with E-state index in [4.69, 9.17) is 17.2 Å². The van der Waals surface area contributed by atoms with E-state index in [-0.39, 0.29) is 62.4 Å². The molecule has 0 heterocycles. The largest absolute Gasteiger partial charge is 0.480 e. The van der Waals surface area contributed by atoms with Gasteiger partial charge in [-0.1, -0.05) is 88.4 Å². The number of carboxylic acids is 1. The molecule has 302 valence electrons. The molecule has 16 heteroatoms. The summed E-state index contributed by atoms with van der Waals surface area (Å²) in [5.74, 6) is -5.10. The minimum Gasteiger partial charge on any atom is -0.480 e. The molecule has 0 aliphatic rings. The van der Waals surface area contributed by atoms with Crippen LogP contribution in [-0.4, -0.2) is 89.9 Å². The van der Waals surface area contributed by atoms with E-state index in [1.807, 2.05) is 0 Å². The molecule has 0 radical (unpaired) electrons. The van der Waals surface area contributed by atoms with Crippen molar-refractivity contribution in [3.8, 4) is 0 Å². The van der Waals surface area contributed by atoms with Crippen molar-refractivity contribution in [2.75, 3.05) is 13.1 Å². The number of hydrogen-bond acceptors (Lipinski definition) is 8. The van der Waals surface area contributed by atoms with Crippen molar-refractivity contribution in [3.63, 3.8) is 0 Å². The van der Waals surface area contributed by atoms with Crippen LogP contribution in [0.15, 0.2) is 65.7 Å². The van der Waals surface area contributed by atoms with Gasteiger partial charge in [-0.05, 0) is 55.7 Å². The Bertz CT molecular complexity index is 1570. The Hall–Kier alpha value is -5.51. The van der Waals surface area contributed by atoms with Crippen molar-refractivity contribution >= 4 is 41.5 Å². The average Bonchev–Trinajstić information content (AvgIpc) is 3.14. The lowest BCUT2D eigenvalue weighted by molar-refractivity contribution is -0.142. The Morgan fingerprint density at radius 3 is 1.49 bits per heavy atom. The van der Waals surface area contributed by atoms with Gasteiger partial charge in [0.15, 0.2) is 5.96 Å². The van der Waals surface area contributed by atoms with Gasteiger partial charge in [-0.3, -0.25) is 29.0 Å². The van der Waals surface area contributed by atoms with Crippen LogP contribution >= 0.6 is 0 Å². The minimum absolute atomic E-state index is 0.0165. The normalized spacial score (nSPS) is 13.7. The van der Waals surface area contributed by atoms with Gasteiger partial charge in [-0.15, -0.1) is 0 Å². The lowest BCUT2D eigenvalue weighted by Gasteiger charge is -2.28. The molecule has 0 aliphatic carbocycles. The molecule has 5 atom stereocenters. The van der Waals surface area contributed by atoms with E-state index in [2.05, 4.69) is 31.6 Å². The number of carboxylic acid groups (broad SMARTS) is 1. The summed E-state index contributed by atoms with van der Waals surface area (Å²) in [6, 6.07) is 12.0. The Kier molecular flexibility index (Phi) is 19.9. The fourth-order valence-corrected chi connectivity index (χ4v) is 5.57. The first-order valence-corrected chi connectivity index (χ1v) is 18.7. The number of nitrogens with one attached hydrogen (secondary N) is 5. The van der Waals surface area contributed by atoms with Crippen LogP contribution in [0.25, 0.3) is 0 Å². The van der Waals surface area contributed by atoms with Crippen LogP contribution in [0.3, 0.4) is 0 Å². The Morgan fingerprint density at radius 2 is 1.05 bits per heavy atom. The fourth-order valence-electron chi connectivity index (χ4n) is 5.57. The number of carbonyl (C=O) groups is 6. The number of aliphatic imine (C=N–C) groups is 1. The molecule has 0 fully saturated rings. The maximum atomic E-state index is 14.2. The maximum absolute atomic E-state index is 14.2. The monoisotopic (exact) mass is 765 g/mol.